The van der Waals surface area contributed by atoms with Crippen LogP contribution in [0.4, 0.5) is 4.79 Å². The Bertz CT molecular complexity index is 786. The van der Waals surface area contributed by atoms with Gasteiger partial charge < -0.3 is 10.1 Å². The highest BCUT2D eigenvalue weighted by Crippen LogP contribution is 2.16. The molecule has 0 spiro atoms. The molecule has 0 fully saturated rings. The predicted molar refractivity (Wildman–Crippen MR) is 84.2 cm³/mol. The Balaban J connectivity index is 2.28. The summed E-state index contributed by atoms with van der Waals surface area (Å²) in [5, 5.41) is 15.9. The number of nitrogens with zero attached hydrogens (tertiary/aromatic N) is 6. The first kappa shape index (κ1) is 17.3. The van der Waals surface area contributed by atoms with E-state index in [1.807, 2.05) is 6.07 Å². The molecule has 9 heteroatoms. The molecule has 9 nitrogen and oxygen atoms in total. The third-order valence-electron chi connectivity index (χ3n) is 2.84. The molecule has 126 valence electrons. The Morgan fingerprint density at radius 3 is 2.75 bits per heavy atom. The number of amides is 1. The van der Waals surface area contributed by atoms with Crippen LogP contribution in [-0.4, -0.2) is 36.4 Å². The third-order valence-corrected chi connectivity index (χ3v) is 2.84. The summed E-state index contributed by atoms with van der Waals surface area (Å²) in [5.41, 5.74) is -0.381. The number of aryl methyl sites for hydroxylation is 1. The molecule has 2 heterocycles. The number of nitriles is 1. The fraction of sp³-hybridized carbons (Fsp3) is 0.467. The summed E-state index contributed by atoms with van der Waals surface area (Å²) in [4.78, 5) is 24.2. The van der Waals surface area contributed by atoms with Crippen LogP contribution in [0, 0.1) is 18.3 Å². The van der Waals surface area contributed by atoms with Crippen LogP contribution in [0.5, 0.6) is 0 Å². The van der Waals surface area contributed by atoms with Gasteiger partial charge in [0.2, 0.25) is 0 Å². The van der Waals surface area contributed by atoms with Gasteiger partial charge in [0.1, 0.15) is 29.5 Å². The third kappa shape index (κ3) is 4.25. The van der Waals surface area contributed by atoms with Crippen LogP contribution < -0.4 is 5.32 Å². The van der Waals surface area contributed by atoms with E-state index in [9.17, 15) is 4.79 Å². The second-order valence-electron chi connectivity index (χ2n) is 6.17. The fourth-order valence-electron chi connectivity index (χ4n) is 1.95. The molecule has 0 unspecified atom stereocenters. The van der Waals surface area contributed by atoms with Crippen LogP contribution >= 0.6 is 0 Å². The molecule has 0 aromatic carbocycles. The average Bonchev–Trinajstić information content (AvgIpc) is 2.87. The molecule has 24 heavy (non-hydrogen) atoms. The van der Waals surface area contributed by atoms with Gasteiger partial charge in [-0.1, -0.05) is 0 Å². The second kappa shape index (κ2) is 6.62. The van der Waals surface area contributed by atoms with E-state index in [4.69, 9.17) is 10.00 Å². The first-order valence-electron chi connectivity index (χ1n) is 7.35. The molecule has 2 aromatic rings. The summed E-state index contributed by atoms with van der Waals surface area (Å²) in [6, 6.07) is 2.98. The summed E-state index contributed by atoms with van der Waals surface area (Å²) in [5.74, 6) is 1.39. The van der Waals surface area contributed by atoms with E-state index in [-0.39, 0.29) is 5.69 Å². The standard InChI is InChI=1S/C15H19N7O2/c1-9(19-14(23)24-15(3,4)5)13-20-10(2)21-22(13)12-6-11(7-16)17-8-18-12/h6,8-9H,1-5H3,(H,19,23)/t9-/m0/s1. The van der Waals surface area contributed by atoms with Crippen molar-refractivity contribution < 1.29 is 9.53 Å². The van der Waals surface area contributed by atoms with Crippen LogP contribution in [-0.2, 0) is 4.74 Å². The van der Waals surface area contributed by atoms with E-state index in [1.165, 1.54) is 17.1 Å². The lowest BCUT2D eigenvalue weighted by atomic mass is 10.2. The van der Waals surface area contributed by atoms with Crippen molar-refractivity contribution in [2.45, 2.75) is 46.3 Å². The number of rotatable bonds is 3. The normalized spacial score (nSPS) is 12.3. The molecule has 0 aliphatic heterocycles. The first-order valence-corrected chi connectivity index (χ1v) is 7.35. The zero-order chi connectivity index (χ0) is 17.9. The van der Waals surface area contributed by atoms with Gasteiger partial charge in [0.15, 0.2) is 11.6 Å². The molecule has 0 bridgehead atoms. The van der Waals surface area contributed by atoms with Crippen LogP contribution in [0.3, 0.4) is 0 Å². The molecule has 1 N–H and O–H groups in total. The van der Waals surface area contributed by atoms with Crippen molar-refractivity contribution in [1.82, 2.24) is 30.0 Å². The van der Waals surface area contributed by atoms with Gasteiger partial charge >= 0.3 is 6.09 Å². The minimum absolute atomic E-state index is 0.215. The van der Waals surface area contributed by atoms with Crippen LogP contribution in [0.15, 0.2) is 12.4 Å². The Morgan fingerprint density at radius 1 is 1.42 bits per heavy atom. The lowest BCUT2D eigenvalue weighted by molar-refractivity contribution is 0.0505. The number of hydrogen-bond donors (Lipinski definition) is 1. The van der Waals surface area contributed by atoms with Gasteiger partial charge in [0.25, 0.3) is 0 Å². The highest BCUT2D eigenvalue weighted by Gasteiger charge is 2.22. The molecule has 1 amide bonds. The van der Waals surface area contributed by atoms with Gasteiger partial charge in [-0.05, 0) is 34.6 Å². The van der Waals surface area contributed by atoms with E-state index in [0.717, 1.165) is 0 Å². The Hall–Kier alpha value is -3.02. The maximum atomic E-state index is 11.9. The molecular formula is C15H19N7O2. The Kier molecular flexibility index (Phi) is 4.78. The van der Waals surface area contributed by atoms with Crippen LogP contribution in [0.1, 0.15) is 51.1 Å². The second-order valence-corrected chi connectivity index (χ2v) is 6.17. The number of carbonyl (C=O) groups excluding carboxylic acids is 1. The number of aromatic nitrogens is 5. The molecule has 2 aromatic heterocycles. The summed E-state index contributed by atoms with van der Waals surface area (Å²) < 4.78 is 6.71. The van der Waals surface area contributed by atoms with Crippen molar-refractivity contribution in [3.05, 3.63) is 29.7 Å². The molecule has 0 saturated heterocycles. The van der Waals surface area contributed by atoms with Gasteiger partial charge in [0.05, 0.1) is 6.04 Å². The molecular weight excluding hydrogens is 310 g/mol. The molecule has 0 radical (unpaired) electrons. The Labute approximate surface area is 139 Å². The highest BCUT2D eigenvalue weighted by atomic mass is 16.6. The summed E-state index contributed by atoms with van der Waals surface area (Å²) >= 11 is 0. The van der Waals surface area contributed by atoms with Crippen molar-refractivity contribution in [2.24, 2.45) is 0 Å². The molecule has 0 aliphatic carbocycles. The number of hydrogen-bond acceptors (Lipinski definition) is 7. The molecule has 0 aliphatic rings. The minimum atomic E-state index is -0.595. The largest absolute Gasteiger partial charge is 0.444 e. The number of ether oxygens (including phenoxy) is 1. The number of alkyl carbamates (subject to hydrolysis) is 1. The minimum Gasteiger partial charge on any atom is -0.444 e. The summed E-state index contributed by atoms with van der Waals surface area (Å²) in [6.07, 6.45) is 0.725. The lowest BCUT2D eigenvalue weighted by Gasteiger charge is -2.21. The van der Waals surface area contributed by atoms with Crippen LogP contribution in [0.2, 0.25) is 0 Å². The van der Waals surface area contributed by atoms with E-state index in [0.29, 0.717) is 17.5 Å². The highest BCUT2D eigenvalue weighted by molar-refractivity contribution is 5.68. The summed E-state index contributed by atoms with van der Waals surface area (Å²) in [7, 11) is 0. The quantitative estimate of drug-likeness (QED) is 0.912. The summed E-state index contributed by atoms with van der Waals surface area (Å²) in [6.45, 7) is 8.85. The van der Waals surface area contributed by atoms with Gasteiger partial charge in [-0.15, -0.1) is 5.10 Å². The van der Waals surface area contributed by atoms with Crippen molar-refractivity contribution >= 4 is 6.09 Å². The SMILES string of the molecule is Cc1nc([C@H](C)NC(=O)OC(C)(C)C)n(-c2cc(C#N)ncn2)n1. The van der Waals surface area contributed by atoms with Gasteiger partial charge in [-0.25, -0.2) is 19.7 Å². The van der Waals surface area contributed by atoms with Crippen molar-refractivity contribution in [1.29, 1.82) is 5.26 Å². The maximum Gasteiger partial charge on any atom is 0.408 e. The number of nitrogens with one attached hydrogen (secondary N) is 1. The first-order chi connectivity index (χ1) is 11.2. The fourth-order valence-corrected chi connectivity index (χ4v) is 1.95. The van der Waals surface area contributed by atoms with Crippen molar-refractivity contribution in [3.8, 4) is 11.9 Å². The van der Waals surface area contributed by atoms with E-state index in [1.54, 1.807) is 34.6 Å². The van der Waals surface area contributed by atoms with E-state index < -0.39 is 17.7 Å². The van der Waals surface area contributed by atoms with Gasteiger partial charge in [-0.3, -0.25) is 0 Å². The predicted octanol–water partition coefficient (Wildman–Crippen LogP) is 1.82. The molecule has 0 saturated carbocycles. The maximum absolute atomic E-state index is 11.9. The van der Waals surface area contributed by atoms with E-state index in [2.05, 4.69) is 25.4 Å². The van der Waals surface area contributed by atoms with Crippen LogP contribution in [0.25, 0.3) is 5.82 Å². The van der Waals surface area contributed by atoms with Crippen molar-refractivity contribution in [2.75, 3.05) is 0 Å². The smallest absolute Gasteiger partial charge is 0.408 e. The zero-order valence-corrected chi connectivity index (χ0v) is 14.2. The average molecular weight is 329 g/mol. The van der Waals surface area contributed by atoms with Gasteiger partial charge in [-0.2, -0.15) is 9.94 Å². The molecule has 2 rings (SSSR count). The monoisotopic (exact) mass is 329 g/mol. The van der Waals surface area contributed by atoms with Gasteiger partial charge in [0, 0.05) is 6.07 Å². The topological polar surface area (TPSA) is 119 Å². The number of carbonyl (C=O) groups is 1. The van der Waals surface area contributed by atoms with Crippen molar-refractivity contribution in [3.63, 3.8) is 0 Å². The Morgan fingerprint density at radius 2 is 2.12 bits per heavy atom. The molecule has 1 atom stereocenters. The lowest BCUT2D eigenvalue weighted by Crippen LogP contribution is -2.35. The zero-order valence-electron chi connectivity index (χ0n) is 14.2. The van der Waals surface area contributed by atoms with E-state index >= 15 is 0 Å².